The first-order chi connectivity index (χ1) is 10.0. The number of aryl methyl sites for hydroxylation is 1. The summed E-state index contributed by atoms with van der Waals surface area (Å²) in [5.41, 5.74) is 1.69. The maximum atomic E-state index is 12.8. The van der Waals surface area contributed by atoms with Crippen molar-refractivity contribution in [1.29, 1.82) is 0 Å². The van der Waals surface area contributed by atoms with E-state index in [4.69, 9.17) is 0 Å². The fourth-order valence-electron chi connectivity index (χ4n) is 2.19. The van der Waals surface area contributed by atoms with E-state index < -0.39 is 10.0 Å². The molecule has 1 aromatic heterocycles. The molecule has 2 aromatic rings. The van der Waals surface area contributed by atoms with Crippen molar-refractivity contribution in [2.24, 2.45) is 0 Å². The third-order valence-electron chi connectivity index (χ3n) is 3.20. The monoisotopic (exact) mass is 324 g/mol. The lowest BCUT2D eigenvalue weighted by molar-refractivity contribution is 0.594. The number of hydrogen-bond donors (Lipinski definition) is 1. The molecule has 4 nitrogen and oxygen atoms in total. The molecule has 114 valence electrons. The molecular weight excluding hydrogens is 304 g/mol. The van der Waals surface area contributed by atoms with Crippen LogP contribution < -0.4 is 9.62 Å². The SMILES string of the molecule is CCN(c1ccccc1C)S(=O)(=O)c1ccc(CNC)s1. The number of anilines is 1. The predicted molar refractivity (Wildman–Crippen MR) is 88.5 cm³/mol. The number of thiophene rings is 1. The minimum atomic E-state index is -3.50. The quantitative estimate of drug-likeness (QED) is 0.888. The summed E-state index contributed by atoms with van der Waals surface area (Å²) in [6.07, 6.45) is 0. The van der Waals surface area contributed by atoms with Gasteiger partial charge >= 0.3 is 0 Å². The number of sulfonamides is 1. The van der Waals surface area contributed by atoms with Crippen LogP contribution in [0.3, 0.4) is 0 Å². The maximum Gasteiger partial charge on any atom is 0.273 e. The molecule has 21 heavy (non-hydrogen) atoms. The van der Waals surface area contributed by atoms with Crippen molar-refractivity contribution in [2.75, 3.05) is 17.9 Å². The first-order valence-corrected chi connectivity index (χ1v) is 9.08. The summed E-state index contributed by atoms with van der Waals surface area (Å²) in [5, 5.41) is 3.03. The van der Waals surface area contributed by atoms with Crippen LogP contribution in [0.15, 0.2) is 40.6 Å². The second kappa shape index (κ2) is 6.60. The molecule has 0 atom stereocenters. The smallest absolute Gasteiger partial charge is 0.273 e. The van der Waals surface area contributed by atoms with Crippen LogP contribution in [0.25, 0.3) is 0 Å². The van der Waals surface area contributed by atoms with Gasteiger partial charge in [0.1, 0.15) is 4.21 Å². The van der Waals surface area contributed by atoms with Gasteiger partial charge in [0.25, 0.3) is 10.0 Å². The summed E-state index contributed by atoms with van der Waals surface area (Å²) in [5.74, 6) is 0. The van der Waals surface area contributed by atoms with E-state index in [9.17, 15) is 8.42 Å². The van der Waals surface area contributed by atoms with E-state index in [0.717, 1.165) is 16.1 Å². The standard InChI is InChI=1S/C15H20N2O2S2/c1-4-17(14-8-6-5-7-12(14)2)21(18,19)15-10-9-13(20-15)11-16-3/h5-10,16H,4,11H2,1-3H3. The van der Waals surface area contributed by atoms with E-state index >= 15 is 0 Å². The van der Waals surface area contributed by atoms with Crippen molar-refractivity contribution in [3.63, 3.8) is 0 Å². The highest BCUT2D eigenvalue weighted by Crippen LogP contribution is 2.30. The number of hydrogen-bond acceptors (Lipinski definition) is 4. The Balaban J connectivity index is 2.42. The van der Waals surface area contributed by atoms with Gasteiger partial charge < -0.3 is 5.32 Å². The summed E-state index contributed by atoms with van der Waals surface area (Å²) in [4.78, 5) is 1.01. The van der Waals surface area contributed by atoms with E-state index in [1.165, 1.54) is 15.6 Å². The van der Waals surface area contributed by atoms with Gasteiger partial charge in [-0.3, -0.25) is 4.31 Å². The van der Waals surface area contributed by atoms with Crippen LogP contribution in [-0.4, -0.2) is 22.0 Å². The van der Waals surface area contributed by atoms with Gasteiger partial charge in [-0.25, -0.2) is 8.42 Å². The Morgan fingerprint density at radius 3 is 2.52 bits per heavy atom. The molecule has 0 aliphatic rings. The Kier molecular flexibility index (Phi) is 5.03. The van der Waals surface area contributed by atoms with Crippen LogP contribution in [-0.2, 0) is 16.6 Å². The first kappa shape index (κ1) is 16.0. The van der Waals surface area contributed by atoms with Crippen LogP contribution in [0.2, 0.25) is 0 Å². The lowest BCUT2D eigenvalue weighted by Crippen LogP contribution is -2.30. The van der Waals surface area contributed by atoms with Crippen LogP contribution in [0.4, 0.5) is 5.69 Å². The summed E-state index contributed by atoms with van der Waals surface area (Å²) in [6.45, 7) is 4.86. The van der Waals surface area contributed by atoms with Gasteiger partial charge in [-0.05, 0) is 44.7 Å². The molecule has 0 aliphatic heterocycles. The largest absolute Gasteiger partial charge is 0.315 e. The molecule has 1 N–H and O–H groups in total. The van der Waals surface area contributed by atoms with Crippen molar-refractivity contribution in [3.8, 4) is 0 Å². The Bertz CT molecular complexity index is 708. The van der Waals surface area contributed by atoms with E-state index in [1.807, 2.05) is 51.2 Å². The molecule has 0 saturated carbocycles. The normalized spacial score (nSPS) is 11.6. The fraction of sp³-hybridized carbons (Fsp3) is 0.333. The van der Waals surface area contributed by atoms with Crippen LogP contribution >= 0.6 is 11.3 Å². The minimum absolute atomic E-state index is 0.387. The second-order valence-corrected chi connectivity index (χ2v) is 7.96. The lowest BCUT2D eigenvalue weighted by Gasteiger charge is -2.23. The zero-order chi connectivity index (χ0) is 15.5. The highest BCUT2D eigenvalue weighted by Gasteiger charge is 2.26. The average Bonchev–Trinajstić information content (AvgIpc) is 2.91. The molecule has 0 amide bonds. The number of para-hydroxylation sites is 1. The maximum absolute atomic E-state index is 12.8. The topological polar surface area (TPSA) is 49.4 Å². The third kappa shape index (κ3) is 3.28. The summed E-state index contributed by atoms with van der Waals surface area (Å²) < 4.78 is 27.6. The van der Waals surface area contributed by atoms with Gasteiger partial charge in [-0.15, -0.1) is 11.3 Å². The molecule has 0 unspecified atom stereocenters. The molecular formula is C15H20N2O2S2. The van der Waals surface area contributed by atoms with E-state index in [2.05, 4.69) is 5.32 Å². The van der Waals surface area contributed by atoms with Crippen LogP contribution in [0.5, 0.6) is 0 Å². The molecule has 0 radical (unpaired) electrons. The molecule has 1 heterocycles. The number of rotatable bonds is 6. The summed E-state index contributed by atoms with van der Waals surface area (Å²) >= 11 is 1.32. The molecule has 0 fully saturated rings. The van der Waals surface area contributed by atoms with E-state index in [1.54, 1.807) is 6.07 Å². The van der Waals surface area contributed by atoms with Crippen LogP contribution in [0, 0.1) is 6.92 Å². The predicted octanol–water partition coefficient (Wildman–Crippen LogP) is 2.99. The van der Waals surface area contributed by atoms with Crippen molar-refractivity contribution in [3.05, 3.63) is 46.8 Å². The molecule has 1 aromatic carbocycles. The van der Waals surface area contributed by atoms with Gasteiger partial charge in [0.05, 0.1) is 5.69 Å². The molecule has 0 bridgehead atoms. The summed E-state index contributed by atoms with van der Waals surface area (Å²) in [7, 11) is -1.65. The van der Waals surface area contributed by atoms with E-state index in [-0.39, 0.29) is 0 Å². The van der Waals surface area contributed by atoms with Gasteiger partial charge in [0.15, 0.2) is 0 Å². The lowest BCUT2D eigenvalue weighted by atomic mass is 10.2. The van der Waals surface area contributed by atoms with Crippen LogP contribution in [0.1, 0.15) is 17.4 Å². The van der Waals surface area contributed by atoms with Crippen molar-refractivity contribution in [2.45, 2.75) is 24.6 Å². The van der Waals surface area contributed by atoms with E-state index in [0.29, 0.717) is 17.3 Å². The van der Waals surface area contributed by atoms with Gasteiger partial charge in [0, 0.05) is 18.0 Å². The molecule has 0 aliphatic carbocycles. The zero-order valence-corrected chi connectivity index (χ0v) is 14.1. The molecule has 0 saturated heterocycles. The third-order valence-corrected chi connectivity index (χ3v) is 6.65. The second-order valence-electron chi connectivity index (χ2n) is 4.71. The van der Waals surface area contributed by atoms with Crippen molar-refractivity contribution in [1.82, 2.24) is 5.32 Å². The number of benzene rings is 1. The van der Waals surface area contributed by atoms with Gasteiger partial charge in [-0.1, -0.05) is 18.2 Å². The minimum Gasteiger partial charge on any atom is -0.315 e. The van der Waals surface area contributed by atoms with Crippen molar-refractivity contribution >= 4 is 27.0 Å². The Labute approximate surface area is 130 Å². The first-order valence-electron chi connectivity index (χ1n) is 6.82. The highest BCUT2D eigenvalue weighted by molar-refractivity contribution is 7.94. The fourth-order valence-corrected chi connectivity index (χ4v) is 5.21. The molecule has 6 heteroatoms. The Morgan fingerprint density at radius 2 is 1.90 bits per heavy atom. The summed E-state index contributed by atoms with van der Waals surface area (Å²) in [6, 6.07) is 11.1. The van der Waals surface area contributed by atoms with Gasteiger partial charge in [0.2, 0.25) is 0 Å². The molecule has 2 rings (SSSR count). The average molecular weight is 324 g/mol. The Morgan fingerprint density at radius 1 is 1.19 bits per heavy atom. The highest BCUT2D eigenvalue weighted by atomic mass is 32.2. The molecule has 0 spiro atoms. The van der Waals surface area contributed by atoms with Crippen molar-refractivity contribution < 1.29 is 8.42 Å². The van der Waals surface area contributed by atoms with Gasteiger partial charge in [-0.2, -0.15) is 0 Å². The number of nitrogens with one attached hydrogen (secondary N) is 1. The zero-order valence-electron chi connectivity index (χ0n) is 12.5. The Hall–Kier alpha value is -1.37. The number of nitrogens with zero attached hydrogens (tertiary/aromatic N) is 1.